The Morgan fingerprint density at radius 1 is 0.820 bits per heavy atom. The average molecular weight is 729 g/mol. The molecule has 2 N–H and O–H groups in total. The number of halogens is 13. The molecule has 0 saturated heterocycles. The first-order valence-corrected chi connectivity index (χ1v) is 13.8. The molecular weight excluding hydrogens is 709 g/mol. The van der Waals surface area contributed by atoms with E-state index in [9.17, 15) is 67.4 Å². The van der Waals surface area contributed by atoms with E-state index < -0.39 is 107 Å². The molecule has 5 nitrogen and oxygen atoms in total. The maximum absolute atomic E-state index is 15.2. The minimum Gasteiger partial charge on any atom is -0.478 e. The third kappa shape index (κ3) is 8.22. The van der Waals surface area contributed by atoms with Gasteiger partial charge in [-0.25, -0.2) is 18.0 Å². The van der Waals surface area contributed by atoms with Crippen LogP contribution in [0.2, 0.25) is 0 Å². The number of alkyl halides is 11. The van der Waals surface area contributed by atoms with E-state index in [0.717, 1.165) is 24.3 Å². The van der Waals surface area contributed by atoms with Crippen LogP contribution in [0.15, 0.2) is 84.1 Å². The molecule has 2 atom stereocenters. The van der Waals surface area contributed by atoms with E-state index >= 15 is 4.39 Å². The van der Waals surface area contributed by atoms with Crippen molar-refractivity contribution in [1.29, 1.82) is 0 Å². The van der Waals surface area contributed by atoms with Crippen molar-refractivity contribution in [3.63, 3.8) is 0 Å². The Hall–Kier alpha value is -5.03. The Kier molecular flexibility index (Phi) is 10.4. The summed E-state index contributed by atoms with van der Waals surface area (Å²) in [5.74, 6) is -8.02. The molecule has 0 bridgehead atoms. The van der Waals surface area contributed by atoms with Gasteiger partial charge in [-0.15, -0.1) is 0 Å². The van der Waals surface area contributed by atoms with Crippen LogP contribution >= 0.6 is 0 Å². The number of nitrogens with one attached hydrogen (secondary N) is 1. The van der Waals surface area contributed by atoms with Crippen molar-refractivity contribution in [3.8, 4) is 0 Å². The molecule has 1 unspecified atom stereocenters. The summed E-state index contributed by atoms with van der Waals surface area (Å²) in [4.78, 5) is 25.1. The topological polar surface area (TPSA) is 75.6 Å². The molecule has 268 valence electrons. The number of hydrogen-bond acceptors (Lipinski definition) is 3. The normalized spacial score (nSPS) is 16.7. The maximum atomic E-state index is 15.2. The van der Waals surface area contributed by atoms with Crippen molar-refractivity contribution in [2.45, 2.75) is 49.4 Å². The zero-order chi connectivity index (χ0) is 37.4. The van der Waals surface area contributed by atoms with Crippen LogP contribution in [-0.2, 0) is 29.0 Å². The van der Waals surface area contributed by atoms with Crippen LogP contribution in [0, 0.1) is 11.6 Å². The number of aromatic carboxylic acids is 1. The number of carboxylic acid groups (broad SMARTS) is 1. The summed E-state index contributed by atoms with van der Waals surface area (Å²) in [7, 11) is 0. The van der Waals surface area contributed by atoms with Crippen LogP contribution in [0.3, 0.4) is 0 Å². The number of allylic oxidation sites excluding steroid dienone is 2. The molecule has 0 spiro atoms. The predicted molar refractivity (Wildman–Crippen MR) is 147 cm³/mol. The van der Waals surface area contributed by atoms with Gasteiger partial charge in [-0.3, -0.25) is 4.79 Å². The average Bonchev–Trinajstić information content (AvgIpc) is 2.99. The van der Waals surface area contributed by atoms with E-state index in [1.807, 2.05) is 0 Å². The standard InChI is InChI=1S/C32H20F13NO4/c33-20-10-19(11-21(13-20)50-32(44,45)28(36)37)29(14-15-1-3-16(4-2-15)27(48)49,18-6-8-25(35)23(12-18)31(41,42)43)46-26(47)17-5-7-24(34)22(9-17)30(38,39)40/h1-9,11-13,20,28H,10,14H2,(H,46,47)(H,48,49)/t20?,29-/m1/s1. The number of benzene rings is 3. The van der Waals surface area contributed by atoms with Crippen LogP contribution in [0.25, 0.3) is 0 Å². The van der Waals surface area contributed by atoms with Crippen LogP contribution < -0.4 is 5.32 Å². The number of hydrogen-bond donors (Lipinski definition) is 2. The highest BCUT2D eigenvalue weighted by molar-refractivity contribution is 5.95. The summed E-state index contributed by atoms with van der Waals surface area (Å²) in [5.41, 5.74) is -9.47. The Labute approximate surface area is 272 Å². The molecule has 0 fully saturated rings. The quantitative estimate of drug-likeness (QED) is 0.205. The molecule has 18 heteroatoms. The third-order valence-corrected chi connectivity index (χ3v) is 7.43. The zero-order valence-corrected chi connectivity index (χ0v) is 24.6. The monoisotopic (exact) mass is 729 g/mol. The minimum atomic E-state index is -5.44. The Balaban J connectivity index is 2.04. The molecule has 1 aliphatic carbocycles. The summed E-state index contributed by atoms with van der Waals surface area (Å²) in [6.45, 7) is 0. The van der Waals surface area contributed by atoms with E-state index in [2.05, 4.69) is 10.1 Å². The highest BCUT2D eigenvalue weighted by atomic mass is 19.4. The number of rotatable bonds is 10. The van der Waals surface area contributed by atoms with Gasteiger partial charge in [0.15, 0.2) is 0 Å². The van der Waals surface area contributed by atoms with Gasteiger partial charge in [0.1, 0.15) is 23.6 Å². The van der Waals surface area contributed by atoms with Gasteiger partial charge in [0.05, 0.1) is 22.2 Å². The van der Waals surface area contributed by atoms with Crippen LogP contribution in [-0.4, -0.2) is 35.7 Å². The Bertz CT molecular complexity index is 1830. The second-order valence-electron chi connectivity index (χ2n) is 10.8. The summed E-state index contributed by atoms with van der Waals surface area (Å²) >= 11 is 0. The minimum absolute atomic E-state index is 0.0354. The van der Waals surface area contributed by atoms with Crippen molar-refractivity contribution in [3.05, 3.63) is 129 Å². The lowest BCUT2D eigenvalue weighted by Crippen LogP contribution is -2.50. The van der Waals surface area contributed by atoms with Crippen molar-refractivity contribution in [1.82, 2.24) is 5.32 Å². The van der Waals surface area contributed by atoms with Gasteiger partial charge in [0.25, 0.3) is 5.91 Å². The molecule has 1 aliphatic rings. The second-order valence-corrected chi connectivity index (χ2v) is 10.8. The molecule has 50 heavy (non-hydrogen) atoms. The van der Waals surface area contributed by atoms with Crippen LogP contribution in [0.1, 0.15) is 49.4 Å². The number of carboxylic acids is 1. The molecule has 4 rings (SSSR count). The molecule has 0 aliphatic heterocycles. The van der Waals surface area contributed by atoms with E-state index in [1.54, 1.807) is 0 Å². The molecular formula is C32H20F13NO4. The SMILES string of the molecule is O=C(O)c1ccc(C[C@](NC(=O)c2ccc(F)c(C(F)(F)F)c2)(C2=CC(OC(F)(F)C(F)F)=CC(F)C2)c2ccc(F)c(C(F)(F)F)c2)cc1. The van der Waals surface area contributed by atoms with Crippen LogP contribution in [0.5, 0.6) is 0 Å². The molecule has 1 amide bonds. The Morgan fingerprint density at radius 2 is 1.36 bits per heavy atom. The molecule has 0 saturated carbocycles. The lowest BCUT2D eigenvalue weighted by atomic mass is 9.73. The number of carbonyl (C=O) groups excluding carboxylic acids is 1. The lowest BCUT2D eigenvalue weighted by Gasteiger charge is -2.40. The molecule has 3 aromatic carbocycles. The van der Waals surface area contributed by atoms with E-state index in [-0.39, 0.29) is 35.4 Å². The highest BCUT2D eigenvalue weighted by Gasteiger charge is 2.47. The van der Waals surface area contributed by atoms with Gasteiger partial charge < -0.3 is 15.2 Å². The summed E-state index contributed by atoms with van der Waals surface area (Å²) in [6.07, 6.45) is -24.0. The molecule has 3 aromatic rings. The second kappa shape index (κ2) is 13.7. The first-order valence-electron chi connectivity index (χ1n) is 13.8. The first-order chi connectivity index (χ1) is 23.0. The highest BCUT2D eigenvalue weighted by Crippen LogP contribution is 2.43. The number of amides is 1. The first kappa shape index (κ1) is 37.8. The molecule has 0 radical (unpaired) electrons. The summed E-state index contributed by atoms with van der Waals surface area (Å²) < 4.78 is 184. The van der Waals surface area contributed by atoms with Gasteiger partial charge in [0.2, 0.25) is 0 Å². The summed E-state index contributed by atoms with van der Waals surface area (Å²) in [6, 6.07) is 5.95. The van der Waals surface area contributed by atoms with Gasteiger partial charge in [-0.2, -0.15) is 43.9 Å². The number of ether oxygens (including phenoxy) is 1. The van der Waals surface area contributed by atoms with Crippen LogP contribution in [0.4, 0.5) is 57.1 Å². The predicted octanol–water partition coefficient (Wildman–Crippen LogP) is 9.00. The van der Waals surface area contributed by atoms with E-state index in [0.29, 0.717) is 24.3 Å². The largest absolute Gasteiger partial charge is 0.478 e. The van der Waals surface area contributed by atoms with Crippen molar-refractivity contribution < 1.29 is 76.5 Å². The molecule has 0 aromatic heterocycles. The Morgan fingerprint density at radius 3 is 1.90 bits per heavy atom. The van der Waals surface area contributed by atoms with Crippen molar-refractivity contribution in [2.24, 2.45) is 0 Å². The van der Waals surface area contributed by atoms with Crippen molar-refractivity contribution in [2.75, 3.05) is 0 Å². The van der Waals surface area contributed by atoms with E-state index in [1.165, 1.54) is 0 Å². The lowest BCUT2D eigenvalue weighted by molar-refractivity contribution is -0.280. The van der Waals surface area contributed by atoms with Crippen molar-refractivity contribution >= 4 is 11.9 Å². The molecule has 0 heterocycles. The number of carbonyl (C=O) groups is 2. The third-order valence-electron chi connectivity index (χ3n) is 7.43. The fourth-order valence-electron chi connectivity index (χ4n) is 5.12. The zero-order valence-electron chi connectivity index (χ0n) is 24.6. The maximum Gasteiger partial charge on any atom is 0.461 e. The van der Waals surface area contributed by atoms with Gasteiger partial charge in [-0.1, -0.05) is 18.2 Å². The van der Waals surface area contributed by atoms with E-state index in [4.69, 9.17) is 0 Å². The van der Waals surface area contributed by atoms with Gasteiger partial charge in [-0.05, 0) is 71.3 Å². The summed E-state index contributed by atoms with van der Waals surface area (Å²) in [5, 5.41) is 11.4. The fraction of sp³-hybridized carbons (Fsp3) is 0.250. The smallest absolute Gasteiger partial charge is 0.461 e. The van der Waals surface area contributed by atoms with Gasteiger partial charge >= 0.3 is 30.9 Å². The van der Waals surface area contributed by atoms with Gasteiger partial charge in [0, 0.05) is 18.4 Å². The fourth-order valence-corrected chi connectivity index (χ4v) is 5.12.